The summed E-state index contributed by atoms with van der Waals surface area (Å²) in [6.07, 6.45) is 7.61. The number of hydrogen-bond donors (Lipinski definition) is 1. The van der Waals surface area contributed by atoms with Crippen LogP contribution in [0.1, 0.15) is 38.5 Å². The molecule has 1 N–H and O–H groups in total. The molecule has 0 saturated heterocycles. The molecule has 3 heteroatoms. The van der Waals surface area contributed by atoms with Gasteiger partial charge in [0, 0.05) is 5.92 Å². The average Bonchev–Trinajstić information content (AvgIpc) is 2.85. The highest BCUT2D eigenvalue weighted by Crippen LogP contribution is 2.57. The zero-order chi connectivity index (χ0) is 8.60. The zero-order valence-electron chi connectivity index (χ0n) is 7.09. The maximum absolute atomic E-state index is 8.49. The van der Waals surface area contributed by atoms with Crippen LogP contribution in [0.2, 0.25) is 0 Å². The summed E-state index contributed by atoms with van der Waals surface area (Å²) in [4.78, 5) is 0. The quantitative estimate of drug-likeness (QED) is 0.382. The van der Waals surface area contributed by atoms with Crippen molar-refractivity contribution in [1.29, 1.82) is 0 Å². The van der Waals surface area contributed by atoms with Crippen molar-refractivity contribution >= 4 is 16.8 Å². The maximum atomic E-state index is 8.49. The van der Waals surface area contributed by atoms with Gasteiger partial charge in [-0.2, -0.15) is 0 Å². The minimum Gasteiger partial charge on any atom is -0.410 e. The fraction of sp³-hybridized carbons (Fsp3) is 0.889. The Morgan fingerprint density at radius 3 is 2.25 bits per heavy atom. The molecule has 0 atom stereocenters. The van der Waals surface area contributed by atoms with E-state index in [1.807, 2.05) is 0 Å². The molecule has 0 heterocycles. The van der Waals surface area contributed by atoms with Gasteiger partial charge in [0.15, 0.2) is 0 Å². The Labute approximate surface area is 77.6 Å². The van der Waals surface area contributed by atoms with Crippen molar-refractivity contribution in [2.45, 2.75) is 38.5 Å². The molecule has 2 saturated carbocycles. The Hall–Kier alpha value is -0.240. The second-order valence-electron chi connectivity index (χ2n) is 4.20. The molecule has 0 aromatic heterocycles. The van der Waals surface area contributed by atoms with E-state index in [1.54, 1.807) is 0 Å². The molecule has 1 spiro atoms. The van der Waals surface area contributed by atoms with Crippen LogP contribution < -0.4 is 0 Å². The Bertz CT molecular complexity index is 201. The molecule has 2 aliphatic rings. The number of hydrogen-bond acceptors (Lipinski definition) is 2. The van der Waals surface area contributed by atoms with Crippen LogP contribution in [-0.4, -0.2) is 10.4 Å². The van der Waals surface area contributed by atoms with Gasteiger partial charge >= 0.3 is 0 Å². The van der Waals surface area contributed by atoms with E-state index in [1.165, 1.54) is 25.7 Å². The number of halogens is 1. The first-order chi connectivity index (χ1) is 5.76. The van der Waals surface area contributed by atoms with Gasteiger partial charge in [-0.25, -0.2) is 0 Å². The van der Waals surface area contributed by atoms with Gasteiger partial charge in [-0.15, -0.1) is 0 Å². The molecule has 0 unspecified atom stereocenters. The van der Waals surface area contributed by atoms with E-state index in [0.717, 1.165) is 12.8 Å². The third kappa shape index (κ3) is 1.45. The topological polar surface area (TPSA) is 32.6 Å². The lowest BCUT2D eigenvalue weighted by atomic mass is 9.80. The first-order valence-electron chi connectivity index (χ1n) is 4.63. The van der Waals surface area contributed by atoms with Crippen LogP contribution in [0, 0.1) is 11.3 Å². The van der Waals surface area contributed by atoms with Crippen molar-refractivity contribution in [3.8, 4) is 0 Å². The lowest BCUT2D eigenvalue weighted by Gasteiger charge is -2.26. The van der Waals surface area contributed by atoms with E-state index in [2.05, 4.69) is 5.16 Å². The van der Waals surface area contributed by atoms with Crippen LogP contribution in [-0.2, 0) is 0 Å². The predicted octanol–water partition coefficient (Wildman–Crippen LogP) is 2.98. The number of nitrogens with zero attached hydrogens (tertiary/aromatic N) is 1. The SMILES string of the molecule is ON=C(Cl)C1CCC2(CC1)CC2. The first kappa shape index (κ1) is 8.36. The second-order valence-corrected chi connectivity index (χ2v) is 4.58. The molecule has 0 radical (unpaired) electrons. The van der Waals surface area contributed by atoms with Crippen molar-refractivity contribution in [2.24, 2.45) is 16.5 Å². The van der Waals surface area contributed by atoms with Gasteiger partial charge in [-0.3, -0.25) is 0 Å². The monoisotopic (exact) mass is 187 g/mol. The van der Waals surface area contributed by atoms with Gasteiger partial charge in [-0.1, -0.05) is 16.8 Å². The minimum atomic E-state index is 0.336. The van der Waals surface area contributed by atoms with E-state index in [4.69, 9.17) is 16.8 Å². The van der Waals surface area contributed by atoms with E-state index in [9.17, 15) is 0 Å². The molecule has 68 valence electrons. The minimum absolute atomic E-state index is 0.336. The molecule has 0 aromatic rings. The van der Waals surface area contributed by atoms with Gasteiger partial charge in [0.1, 0.15) is 5.17 Å². The van der Waals surface area contributed by atoms with Gasteiger partial charge < -0.3 is 5.21 Å². The molecule has 2 aliphatic carbocycles. The van der Waals surface area contributed by atoms with Crippen molar-refractivity contribution in [3.63, 3.8) is 0 Å². The number of rotatable bonds is 1. The van der Waals surface area contributed by atoms with Gasteiger partial charge in [0.05, 0.1) is 0 Å². The predicted molar refractivity (Wildman–Crippen MR) is 48.7 cm³/mol. The largest absolute Gasteiger partial charge is 0.410 e. The van der Waals surface area contributed by atoms with Crippen LogP contribution in [0.4, 0.5) is 0 Å². The fourth-order valence-corrected chi connectivity index (χ4v) is 2.45. The van der Waals surface area contributed by atoms with E-state index in [0.29, 0.717) is 16.5 Å². The Kier molecular flexibility index (Phi) is 2.03. The molecule has 2 fully saturated rings. The van der Waals surface area contributed by atoms with Crippen molar-refractivity contribution in [2.75, 3.05) is 0 Å². The summed E-state index contributed by atoms with van der Waals surface area (Å²) in [6.45, 7) is 0. The van der Waals surface area contributed by atoms with E-state index < -0.39 is 0 Å². The smallest absolute Gasteiger partial charge is 0.148 e. The highest BCUT2D eigenvalue weighted by atomic mass is 35.5. The van der Waals surface area contributed by atoms with Crippen LogP contribution in [0.3, 0.4) is 0 Å². The molecule has 0 amide bonds. The van der Waals surface area contributed by atoms with Crippen molar-refractivity contribution < 1.29 is 5.21 Å². The number of oxime groups is 1. The van der Waals surface area contributed by atoms with Gasteiger partial charge in [0.25, 0.3) is 0 Å². The normalized spacial score (nSPS) is 29.2. The third-order valence-electron chi connectivity index (χ3n) is 3.44. The molecule has 2 nitrogen and oxygen atoms in total. The van der Waals surface area contributed by atoms with Crippen LogP contribution in [0.5, 0.6) is 0 Å². The Morgan fingerprint density at radius 1 is 1.25 bits per heavy atom. The maximum Gasteiger partial charge on any atom is 0.148 e. The molecule has 12 heavy (non-hydrogen) atoms. The van der Waals surface area contributed by atoms with Crippen LogP contribution in [0.25, 0.3) is 0 Å². The van der Waals surface area contributed by atoms with Gasteiger partial charge in [-0.05, 0) is 43.9 Å². The second kappa shape index (κ2) is 2.91. The van der Waals surface area contributed by atoms with Crippen molar-refractivity contribution in [3.05, 3.63) is 0 Å². The molecule has 0 aromatic carbocycles. The van der Waals surface area contributed by atoms with E-state index >= 15 is 0 Å². The molecule has 0 aliphatic heterocycles. The summed E-state index contributed by atoms with van der Waals surface area (Å²) in [5, 5.41) is 12.0. The lowest BCUT2D eigenvalue weighted by molar-refractivity contribution is 0.286. The summed E-state index contributed by atoms with van der Waals surface area (Å²) in [7, 11) is 0. The fourth-order valence-electron chi connectivity index (χ4n) is 2.23. The highest BCUT2D eigenvalue weighted by molar-refractivity contribution is 6.65. The summed E-state index contributed by atoms with van der Waals surface area (Å²) < 4.78 is 0. The Balaban J connectivity index is 1.89. The molecule has 2 rings (SSSR count). The van der Waals surface area contributed by atoms with E-state index in [-0.39, 0.29) is 0 Å². The zero-order valence-corrected chi connectivity index (χ0v) is 7.85. The summed E-state index contributed by atoms with van der Waals surface area (Å²) >= 11 is 5.76. The lowest BCUT2D eigenvalue weighted by Crippen LogP contribution is -2.19. The van der Waals surface area contributed by atoms with Crippen LogP contribution >= 0.6 is 11.6 Å². The summed E-state index contributed by atoms with van der Waals surface area (Å²) in [5.74, 6) is 0.336. The summed E-state index contributed by atoms with van der Waals surface area (Å²) in [5.41, 5.74) is 0.698. The highest BCUT2D eigenvalue weighted by Gasteiger charge is 2.45. The van der Waals surface area contributed by atoms with Gasteiger partial charge in [0.2, 0.25) is 0 Å². The van der Waals surface area contributed by atoms with Crippen molar-refractivity contribution in [1.82, 2.24) is 0 Å². The molecular weight excluding hydrogens is 174 g/mol. The first-order valence-corrected chi connectivity index (χ1v) is 5.01. The summed E-state index contributed by atoms with van der Waals surface area (Å²) in [6, 6.07) is 0. The average molecular weight is 188 g/mol. The molecular formula is C9H14ClNO. The third-order valence-corrected chi connectivity index (χ3v) is 3.82. The van der Waals surface area contributed by atoms with Crippen LogP contribution in [0.15, 0.2) is 5.16 Å². The standard InChI is InChI=1S/C9H14ClNO/c10-8(11-12)7-1-3-9(4-2-7)5-6-9/h7,12H,1-6H2. The Morgan fingerprint density at radius 2 is 1.83 bits per heavy atom. The molecule has 0 bridgehead atoms.